The number of carbonyl (C=O) groups is 1. The normalized spacial score (nSPS) is 13.8. The Balaban J connectivity index is 2.13. The van der Waals surface area contributed by atoms with Crippen LogP contribution in [0.1, 0.15) is 37.3 Å². The van der Waals surface area contributed by atoms with E-state index in [-0.39, 0.29) is 23.9 Å². The van der Waals surface area contributed by atoms with Crippen molar-refractivity contribution in [3.05, 3.63) is 65.7 Å². The predicted octanol–water partition coefficient (Wildman–Crippen LogP) is 3.41. The van der Waals surface area contributed by atoms with Gasteiger partial charge in [-0.3, -0.25) is 4.18 Å². The number of benzene rings is 2. The van der Waals surface area contributed by atoms with Gasteiger partial charge in [-0.25, -0.2) is 0 Å². The first kappa shape index (κ1) is 23.2. The number of aliphatic hydroxyl groups is 1. The summed E-state index contributed by atoms with van der Waals surface area (Å²) in [6, 6.07) is 15.7. The summed E-state index contributed by atoms with van der Waals surface area (Å²) in [5.74, 6) is 0.0214. The smallest absolute Gasteiger partial charge is 0.297 e. The number of hydrogen-bond donors (Lipinski definition) is 1. The highest BCUT2D eigenvalue weighted by atomic mass is 32.2. The third kappa shape index (κ3) is 7.36. The first-order valence-electron chi connectivity index (χ1n) is 9.51. The molecule has 0 radical (unpaired) electrons. The van der Waals surface area contributed by atoms with Crippen LogP contribution in [0.2, 0.25) is 0 Å². The summed E-state index contributed by atoms with van der Waals surface area (Å²) in [7, 11) is -4.00. The van der Waals surface area contributed by atoms with Crippen molar-refractivity contribution in [2.45, 2.75) is 50.2 Å². The molecule has 0 unspecified atom stereocenters. The van der Waals surface area contributed by atoms with Crippen molar-refractivity contribution < 1.29 is 27.2 Å². The minimum Gasteiger partial charge on any atom is -0.393 e. The number of carbonyl (C=O) groups excluding carboxylic acids is 1. The Morgan fingerprint density at radius 1 is 1.07 bits per heavy atom. The Kier molecular flexibility index (Phi) is 8.52. The molecule has 0 aliphatic heterocycles. The van der Waals surface area contributed by atoms with Crippen molar-refractivity contribution in [3.63, 3.8) is 0 Å². The van der Waals surface area contributed by atoms with Gasteiger partial charge in [0.05, 0.1) is 24.7 Å². The summed E-state index contributed by atoms with van der Waals surface area (Å²) in [6.45, 7) is 2.77. The molecule has 0 aliphatic carbocycles. The Morgan fingerprint density at radius 2 is 1.72 bits per heavy atom. The topological polar surface area (TPSA) is 89.9 Å². The zero-order valence-corrected chi connectivity index (χ0v) is 17.7. The Bertz CT molecular complexity index is 877. The average Bonchev–Trinajstić information content (AvgIpc) is 2.71. The summed E-state index contributed by atoms with van der Waals surface area (Å²) in [5.41, 5.74) is 0.589. The molecule has 0 aromatic heterocycles. The number of rotatable bonds is 12. The highest BCUT2D eigenvalue weighted by Gasteiger charge is 2.33. The summed E-state index contributed by atoms with van der Waals surface area (Å²) < 4.78 is 36.3. The molecule has 0 heterocycles. The lowest BCUT2D eigenvalue weighted by atomic mass is 9.97. The number of Topliss-reactive ketones (excluding diaryl/α,β-unsaturated/α-hetero) is 1. The minimum atomic E-state index is -4.00. The van der Waals surface area contributed by atoms with Crippen LogP contribution in [0.4, 0.5) is 0 Å². The van der Waals surface area contributed by atoms with Crippen molar-refractivity contribution in [2.24, 2.45) is 0 Å². The summed E-state index contributed by atoms with van der Waals surface area (Å²) in [4.78, 5) is 11.3. The lowest BCUT2D eigenvalue weighted by Gasteiger charge is -2.31. The molecule has 2 aromatic carbocycles. The van der Waals surface area contributed by atoms with Crippen molar-refractivity contribution in [1.82, 2.24) is 0 Å². The molecule has 0 aliphatic rings. The van der Waals surface area contributed by atoms with E-state index in [1.807, 2.05) is 37.3 Å². The van der Waals surface area contributed by atoms with Gasteiger partial charge in [0, 0.05) is 6.42 Å². The molecule has 29 heavy (non-hydrogen) atoms. The van der Waals surface area contributed by atoms with Crippen molar-refractivity contribution in [3.8, 4) is 0 Å². The van der Waals surface area contributed by atoms with Crippen LogP contribution in [0.25, 0.3) is 0 Å². The van der Waals surface area contributed by atoms with Gasteiger partial charge in [-0.05, 0) is 44.4 Å². The molecule has 2 rings (SSSR count). The van der Waals surface area contributed by atoms with E-state index < -0.39 is 22.3 Å². The fourth-order valence-corrected chi connectivity index (χ4v) is 3.76. The number of ketones is 1. The average molecular weight is 421 g/mol. The van der Waals surface area contributed by atoms with E-state index in [1.54, 1.807) is 12.1 Å². The first-order valence-corrected chi connectivity index (χ1v) is 10.9. The third-order valence-corrected chi connectivity index (χ3v) is 5.90. The fourth-order valence-electron chi connectivity index (χ4n) is 2.78. The van der Waals surface area contributed by atoms with Crippen LogP contribution >= 0.6 is 0 Å². The Morgan fingerprint density at radius 3 is 2.31 bits per heavy atom. The third-order valence-electron chi connectivity index (χ3n) is 4.62. The van der Waals surface area contributed by atoms with Gasteiger partial charge < -0.3 is 14.6 Å². The van der Waals surface area contributed by atoms with Gasteiger partial charge in [-0.1, -0.05) is 48.0 Å². The SMILES string of the molecule is CC(=O)CCC[C@](CO)(COS(=O)(=O)c1ccc(C)cc1)OCc1ccccc1. The van der Waals surface area contributed by atoms with E-state index in [2.05, 4.69) is 0 Å². The molecule has 0 spiro atoms. The van der Waals surface area contributed by atoms with Crippen molar-refractivity contribution in [2.75, 3.05) is 13.2 Å². The second kappa shape index (κ2) is 10.6. The maximum absolute atomic E-state index is 12.5. The predicted molar refractivity (Wildman–Crippen MR) is 110 cm³/mol. The second-order valence-corrected chi connectivity index (χ2v) is 8.82. The Hall–Kier alpha value is -2.06. The fraction of sp³-hybridized carbons (Fsp3) is 0.409. The molecule has 0 saturated carbocycles. The van der Waals surface area contributed by atoms with Gasteiger partial charge in [0.25, 0.3) is 10.1 Å². The van der Waals surface area contributed by atoms with E-state index in [1.165, 1.54) is 19.1 Å². The lowest BCUT2D eigenvalue weighted by molar-refractivity contribution is -0.122. The molecular formula is C22H28O6S. The van der Waals surface area contributed by atoms with Crippen LogP contribution in [0.5, 0.6) is 0 Å². The van der Waals surface area contributed by atoms with Gasteiger partial charge >= 0.3 is 0 Å². The standard InChI is InChI=1S/C22H28O6S/c1-18-10-12-21(13-11-18)29(25,26)28-17-22(16-23,14-6-7-19(2)24)27-15-20-8-4-3-5-9-20/h3-5,8-13,23H,6-7,14-17H2,1-2H3/t22-/m0/s1. The quantitative estimate of drug-likeness (QED) is 0.529. The van der Waals surface area contributed by atoms with E-state index in [9.17, 15) is 18.3 Å². The molecule has 1 atom stereocenters. The summed E-state index contributed by atoms with van der Waals surface area (Å²) >= 11 is 0. The molecular weight excluding hydrogens is 392 g/mol. The highest BCUT2D eigenvalue weighted by Crippen LogP contribution is 2.24. The largest absolute Gasteiger partial charge is 0.393 e. The van der Waals surface area contributed by atoms with Crippen LogP contribution in [0.15, 0.2) is 59.5 Å². The Labute approximate surface area is 172 Å². The summed E-state index contributed by atoms with van der Waals surface area (Å²) in [5, 5.41) is 10.0. The van der Waals surface area contributed by atoms with Gasteiger partial charge in [0.1, 0.15) is 11.4 Å². The maximum atomic E-state index is 12.5. The zero-order chi connectivity index (χ0) is 21.3. The molecule has 158 valence electrons. The van der Waals surface area contributed by atoms with Crippen LogP contribution in [0.3, 0.4) is 0 Å². The van der Waals surface area contributed by atoms with Gasteiger partial charge in [0.2, 0.25) is 0 Å². The van der Waals surface area contributed by atoms with E-state index in [0.29, 0.717) is 19.3 Å². The van der Waals surface area contributed by atoms with Gasteiger partial charge in [-0.2, -0.15) is 8.42 Å². The molecule has 0 amide bonds. The molecule has 0 saturated heterocycles. The van der Waals surface area contributed by atoms with E-state index in [0.717, 1.165) is 11.1 Å². The minimum absolute atomic E-state index is 0.0214. The van der Waals surface area contributed by atoms with Crippen LogP contribution in [-0.4, -0.2) is 38.1 Å². The number of hydrogen-bond acceptors (Lipinski definition) is 6. The molecule has 1 N–H and O–H groups in total. The monoisotopic (exact) mass is 420 g/mol. The van der Waals surface area contributed by atoms with Crippen LogP contribution in [-0.2, 0) is 30.4 Å². The van der Waals surface area contributed by atoms with Crippen LogP contribution in [0, 0.1) is 6.92 Å². The number of aryl methyl sites for hydroxylation is 1. The van der Waals surface area contributed by atoms with Crippen molar-refractivity contribution in [1.29, 1.82) is 0 Å². The molecule has 6 nitrogen and oxygen atoms in total. The van der Waals surface area contributed by atoms with Crippen LogP contribution < -0.4 is 0 Å². The van der Waals surface area contributed by atoms with E-state index in [4.69, 9.17) is 8.92 Å². The zero-order valence-electron chi connectivity index (χ0n) is 16.8. The lowest BCUT2D eigenvalue weighted by Crippen LogP contribution is -2.42. The van der Waals surface area contributed by atoms with E-state index >= 15 is 0 Å². The molecule has 7 heteroatoms. The van der Waals surface area contributed by atoms with Gasteiger partial charge in [0.15, 0.2) is 0 Å². The molecule has 2 aromatic rings. The maximum Gasteiger partial charge on any atom is 0.297 e. The van der Waals surface area contributed by atoms with Gasteiger partial charge in [-0.15, -0.1) is 0 Å². The first-order chi connectivity index (χ1) is 13.8. The number of ether oxygens (including phenoxy) is 1. The highest BCUT2D eigenvalue weighted by molar-refractivity contribution is 7.86. The second-order valence-electron chi connectivity index (χ2n) is 7.20. The number of aliphatic hydroxyl groups excluding tert-OH is 1. The molecule has 0 fully saturated rings. The molecule has 0 bridgehead atoms. The summed E-state index contributed by atoms with van der Waals surface area (Å²) in [6.07, 6.45) is 1.07. The van der Waals surface area contributed by atoms with Crippen molar-refractivity contribution >= 4 is 15.9 Å².